The van der Waals surface area contributed by atoms with Crippen molar-refractivity contribution in [2.45, 2.75) is 12.8 Å². The second-order valence-electron chi connectivity index (χ2n) is 4.88. The fourth-order valence-electron chi connectivity index (χ4n) is 2.34. The van der Waals surface area contributed by atoms with Crippen LogP contribution < -0.4 is 10.2 Å². The number of rotatable bonds is 3. The van der Waals surface area contributed by atoms with E-state index >= 15 is 0 Å². The minimum Gasteiger partial charge on any atom is -0.356 e. The topological polar surface area (TPSA) is 65.2 Å². The molecule has 0 spiro atoms. The Balaban J connectivity index is 1.69. The molecule has 0 bridgehead atoms. The number of H-pyrrole nitrogens is 1. The Morgan fingerprint density at radius 1 is 1.29 bits per heavy atom. The van der Waals surface area contributed by atoms with Crippen molar-refractivity contribution in [3.63, 3.8) is 0 Å². The third kappa shape index (κ3) is 2.92. The molecule has 1 fully saturated rings. The third-order valence-electron chi connectivity index (χ3n) is 3.40. The zero-order valence-corrected chi connectivity index (χ0v) is 12.0. The molecule has 21 heavy (non-hydrogen) atoms. The molecular weight excluding hydrogens is 290 g/mol. The van der Waals surface area contributed by atoms with Gasteiger partial charge in [-0.15, -0.1) is 0 Å². The number of carbonyl (C=O) groups excluding carboxylic acids is 2. The summed E-state index contributed by atoms with van der Waals surface area (Å²) in [6.45, 7) is 0.755. The lowest BCUT2D eigenvalue weighted by Gasteiger charge is -2.16. The van der Waals surface area contributed by atoms with Crippen LogP contribution in [0.15, 0.2) is 36.5 Å². The minimum atomic E-state index is -0.258. The van der Waals surface area contributed by atoms with Crippen molar-refractivity contribution in [2.75, 3.05) is 16.8 Å². The summed E-state index contributed by atoms with van der Waals surface area (Å²) in [5, 5.41) is 3.26. The predicted molar refractivity (Wildman–Crippen MR) is 81.8 cm³/mol. The van der Waals surface area contributed by atoms with E-state index in [-0.39, 0.29) is 11.8 Å². The zero-order chi connectivity index (χ0) is 14.8. The van der Waals surface area contributed by atoms with Crippen LogP contribution in [0.3, 0.4) is 0 Å². The number of aromatic nitrogens is 1. The van der Waals surface area contributed by atoms with Gasteiger partial charge in [-0.2, -0.15) is 0 Å². The van der Waals surface area contributed by atoms with Crippen LogP contribution in [-0.2, 0) is 4.79 Å². The van der Waals surface area contributed by atoms with Gasteiger partial charge in [-0.25, -0.2) is 0 Å². The second-order valence-corrected chi connectivity index (χ2v) is 5.32. The number of halogens is 1. The Hall–Kier alpha value is -2.27. The van der Waals surface area contributed by atoms with Crippen LogP contribution in [0.2, 0.25) is 5.02 Å². The highest BCUT2D eigenvalue weighted by atomic mass is 35.5. The molecule has 2 heterocycles. The average molecular weight is 304 g/mol. The van der Waals surface area contributed by atoms with Crippen LogP contribution in [0.25, 0.3) is 0 Å². The summed E-state index contributed by atoms with van der Waals surface area (Å²) in [6, 6.07) is 8.79. The van der Waals surface area contributed by atoms with Crippen molar-refractivity contribution < 1.29 is 9.59 Å². The Morgan fingerprint density at radius 3 is 2.62 bits per heavy atom. The number of hydrogen-bond donors (Lipinski definition) is 2. The van der Waals surface area contributed by atoms with Crippen molar-refractivity contribution in [1.29, 1.82) is 0 Å². The molecule has 1 aliphatic heterocycles. The van der Waals surface area contributed by atoms with E-state index in [1.165, 1.54) is 0 Å². The quantitative estimate of drug-likeness (QED) is 0.915. The maximum atomic E-state index is 12.0. The Bertz CT molecular complexity index is 678. The molecule has 0 aliphatic carbocycles. The summed E-state index contributed by atoms with van der Waals surface area (Å²) in [6.07, 6.45) is 3.05. The van der Waals surface area contributed by atoms with Crippen molar-refractivity contribution in [3.05, 3.63) is 47.2 Å². The molecular formula is C15H14ClN3O2. The van der Waals surface area contributed by atoms with Gasteiger partial charge in [0.2, 0.25) is 5.91 Å². The molecule has 0 saturated carbocycles. The number of aromatic amines is 1. The summed E-state index contributed by atoms with van der Waals surface area (Å²) in [4.78, 5) is 28.2. The standard InChI is InChI=1S/C15H14ClN3O2/c16-10-8-13(17-9-10)15(21)18-11-3-5-12(6-4-11)19-7-1-2-14(19)20/h3-6,8-9,17H,1-2,7H2,(H,18,21). The molecule has 0 radical (unpaired) electrons. The summed E-state index contributed by atoms with van der Waals surface area (Å²) in [5.41, 5.74) is 1.93. The third-order valence-corrected chi connectivity index (χ3v) is 3.62. The molecule has 0 atom stereocenters. The summed E-state index contributed by atoms with van der Waals surface area (Å²) < 4.78 is 0. The first kappa shape index (κ1) is 13.7. The largest absolute Gasteiger partial charge is 0.356 e. The number of amides is 2. The molecule has 2 aromatic rings. The van der Waals surface area contributed by atoms with Gasteiger partial charge >= 0.3 is 0 Å². The average Bonchev–Trinajstić information content (AvgIpc) is 3.08. The number of nitrogens with zero attached hydrogens (tertiary/aromatic N) is 1. The number of hydrogen-bond acceptors (Lipinski definition) is 2. The van der Waals surface area contributed by atoms with E-state index in [2.05, 4.69) is 10.3 Å². The maximum absolute atomic E-state index is 12.0. The van der Waals surface area contributed by atoms with Crippen molar-refractivity contribution in [1.82, 2.24) is 4.98 Å². The SMILES string of the molecule is O=C(Nc1ccc(N2CCCC2=O)cc1)c1cc(Cl)c[nH]1. The van der Waals surface area contributed by atoms with Gasteiger partial charge in [-0.05, 0) is 36.8 Å². The lowest BCUT2D eigenvalue weighted by Crippen LogP contribution is -2.23. The van der Waals surface area contributed by atoms with Gasteiger partial charge in [0.15, 0.2) is 0 Å². The molecule has 0 unspecified atom stereocenters. The predicted octanol–water partition coefficient (Wildman–Crippen LogP) is 3.05. The number of nitrogens with one attached hydrogen (secondary N) is 2. The highest BCUT2D eigenvalue weighted by molar-refractivity contribution is 6.31. The smallest absolute Gasteiger partial charge is 0.272 e. The Morgan fingerprint density at radius 2 is 2.05 bits per heavy atom. The molecule has 1 saturated heterocycles. The van der Waals surface area contributed by atoms with Crippen LogP contribution in [0.4, 0.5) is 11.4 Å². The fourth-order valence-corrected chi connectivity index (χ4v) is 2.51. The van der Waals surface area contributed by atoms with Crippen molar-refractivity contribution in [2.24, 2.45) is 0 Å². The Labute approximate surface area is 126 Å². The van der Waals surface area contributed by atoms with Crippen molar-refractivity contribution in [3.8, 4) is 0 Å². The monoisotopic (exact) mass is 303 g/mol. The maximum Gasteiger partial charge on any atom is 0.272 e. The molecule has 1 aliphatic rings. The highest BCUT2D eigenvalue weighted by Gasteiger charge is 2.21. The first-order valence-electron chi connectivity index (χ1n) is 6.69. The fraction of sp³-hybridized carbons (Fsp3) is 0.200. The molecule has 3 rings (SSSR count). The van der Waals surface area contributed by atoms with E-state index in [0.717, 1.165) is 18.7 Å². The van der Waals surface area contributed by atoms with Crippen LogP contribution in [-0.4, -0.2) is 23.3 Å². The number of carbonyl (C=O) groups is 2. The summed E-state index contributed by atoms with van der Waals surface area (Å²) >= 11 is 5.77. The minimum absolute atomic E-state index is 0.146. The zero-order valence-electron chi connectivity index (χ0n) is 11.2. The van der Waals surface area contributed by atoms with Crippen LogP contribution in [0.1, 0.15) is 23.3 Å². The number of anilines is 2. The van der Waals surface area contributed by atoms with Crippen LogP contribution >= 0.6 is 11.6 Å². The van der Waals surface area contributed by atoms with E-state index in [0.29, 0.717) is 22.8 Å². The van der Waals surface area contributed by atoms with Gasteiger partial charge in [0.25, 0.3) is 5.91 Å². The van der Waals surface area contributed by atoms with E-state index in [4.69, 9.17) is 11.6 Å². The van der Waals surface area contributed by atoms with Crippen LogP contribution in [0.5, 0.6) is 0 Å². The van der Waals surface area contributed by atoms with Crippen LogP contribution in [0, 0.1) is 0 Å². The normalized spacial score (nSPS) is 14.5. The highest BCUT2D eigenvalue weighted by Crippen LogP contribution is 2.23. The molecule has 5 nitrogen and oxygen atoms in total. The van der Waals surface area contributed by atoms with Gasteiger partial charge in [0.1, 0.15) is 5.69 Å². The summed E-state index contributed by atoms with van der Waals surface area (Å²) in [5.74, 6) is -0.111. The molecule has 6 heteroatoms. The van der Waals surface area contributed by atoms with Gasteiger partial charge in [0.05, 0.1) is 5.02 Å². The number of benzene rings is 1. The molecule has 2 N–H and O–H groups in total. The van der Waals surface area contributed by atoms with Gasteiger partial charge in [-0.1, -0.05) is 11.6 Å². The Kier molecular flexibility index (Phi) is 3.66. The molecule has 108 valence electrons. The van der Waals surface area contributed by atoms with E-state index < -0.39 is 0 Å². The van der Waals surface area contributed by atoms with Gasteiger partial charge < -0.3 is 15.2 Å². The molecule has 1 aromatic carbocycles. The van der Waals surface area contributed by atoms with E-state index in [9.17, 15) is 9.59 Å². The first-order chi connectivity index (χ1) is 10.1. The molecule has 1 aromatic heterocycles. The van der Waals surface area contributed by atoms with Crippen molar-refractivity contribution >= 4 is 34.8 Å². The van der Waals surface area contributed by atoms with Gasteiger partial charge in [-0.3, -0.25) is 9.59 Å². The first-order valence-corrected chi connectivity index (χ1v) is 7.07. The lowest BCUT2D eigenvalue weighted by atomic mass is 10.2. The van der Waals surface area contributed by atoms with E-state index in [1.807, 2.05) is 12.1 Å². The van der Waals surface area contributed by atoms with E-state index in [1.54, 1.807) is 29.3 Å². The molecule has 2 amide bonds. The lowest BCUT2D eigenvalue weighted by molar-refractivity contribution is -0.117. The second kappa shape index (κ2) is 5.61. The van der Waals surface area contributed by atoms with Gasteiger partial charge in [0, 0.05) is 30.5 Å². The summed E-state index contributed by atoms with van der Waals surface area (Å²) in [7, 11) is 0.